The smallest absolute Gasteiger partial charge is 0.319 e. The molecule has 0 atom stereocenters. The quantitative estimate of drug-likeness (QED) is 0.803. The summed E-state index contributed by atoms with van der Waals surface area (Å²) in [6.45, 7) is 0.235. The van der Waals surface area contributed by atoms with Crippen LogP contribution in [0.5, 0.6) is 0 Å². The van der Waals surface area contributed by atoms with E-state index in [4.69, 9.17) is 23.2 Å². The summed E-state index contributed by atoms with van der Waals surface area (Å²) >= 11 is 11.8. The molecule has 0 saturated carbocycles. The Hall–Kier alpha value is -1.80. The molecule has 0 radical (unpaired) electrons. The van der Waals surface area contributed by atoms with Crippen LogP contribution < -0.4 is 10.6 Å². The van der Waals surface area contributed by atoms with E-state index in [1.165, 1.54) is 32.3 Å². The molecule has 2 amide bonds. The van der Waals surface area contributed by atoms with E-state index in [1.54, 1.807) is 24.3 Å². The second-order valence-corrected chi connectivity index (χ2v) is 8.36. The molecule has 6 nitrogen and oxygen atoms in total. The Labute approximate surface area is 156 Å². The lowest BCUT2D eigenvalue weighted by molar-refractivity contribution is 0.251. The van der Waals surface area contributed by atoms with Crippen LogP contribution >= 0.6 is 23.2 Å². The van der Waals surface area contributed by atoms with Gasteiger partial charge in [-0.05, 0) is 35.9 Å². The predicted molar refractivity (Wildman–Crippen MR) is 99.6 cm³/mol. The third-order valence-corrected chi connectivity index (χ3v) is 5.71. The number of rotatable bonds is 5. The Morgan fingerprint density at radius 2 is 1.72 bits per heavy atom. The fourth-order valence-electron chi connectivity index (χ4n) is 1.93. The van der Waals surface area contributed by atoms with E-state index in [9.17, 15) is 13.2 Å². The van der Waals surface area contributed by atoms with Crippen molar-refractivity contribution in [2.24, 2.45) is 0 Å². The second-order valence-electron chi connectivity index (χ2n) is 5.36. The number of benzene rings is 2. The molecule has 25 heavy (non-hydrogen) atoms. The summed E-state index contributed by atoms with van der Waals surface area (Å²) in [5, 5.41) is 6.09. The molecule has 0 aliphatic rings. The zero-order valence-electron chi connectivity index (χ0n) is 13.6. The first-order valence-corrected chi connectivity index (χ1v) is 9.41. The average Bonchev–Trinajstić information content (AvgIpc) is 2.56. The summed E-state index contributed by atoms with van der Waals surface area (Å²) in [5.41, 5.74) is 1.20. The van der Waals surface area contributed by atoms with E-state index in [0.29, 0.717) is 15.7 Å². The monoisotopic (exact) mass is 401 g/mol. The molecule has 0 aromatic heterocycles. The third-order valence-electron chi connectivity index (χ3n) is 3.33. The van der Waals surface area contributed by atoms with Gasteiger partial charge >= 0.3 is 6.03 Å². The fraction of sp³-hybridized carbons (Fsp3) is 0.188. The first kappa shape index (κ1) is 19.5. The van der Waals surface area contributed by atoms with E-state index >= 15 is 0 Å². The van der Waals surface area contributed by atoms with Gasteiger partial charge in [0.1, 0.15) is 0 Å². The molecule has 2 rings (SSSR count). The van der Waals surface area contributed by atoms with Gasteiger partial charge in [0, 0.05) is 25.7 Å². The van der Waals surface area contributed by atoms with Gasteiger partial charge in [0.2, 0.25) is 10.0 Å². The van der Waals surface area contributed by atoms with E-state index in [-0.39, 0.29) is 11.4 Å². The highest BCUT2D eigenvalue weighted by molar-refractivity contribution is 7.89. The van der Waals surface area contributed by atoms with Crippen molar-refractivity contribution in [2.75, 3.05) is 19.4 Å². The first-order chi connectivity index (χ1) is 11.7. The highest BCUT2D eigenvalue weighted by atomic mass is 35.5. The fourth-order valence-corrected chi connectivity index (χ4v) is 3.29. The zero-order chi connectivity index (χ0) is 18.6. The van der Waals surface area contributed by atoms with Crippen LogP contribution in [-0.4, -0.2) is 32.8 Å². The maximum absolute atomic E-state index is 12.0. The Morgan fingerprint density at radius 3 is 2.28 bits per heavy atom. The lowest BCUT2D eigenvalue weighted by Gasteiger charge is -2.12. The topological polar surface area (TPSA) is 78.5 Å². The lowest BCUT2D eigenvalue weighted by Crippen LogP contribution is -2.28. The van der Waals surface area contributed by atoms with Gasteiger partial charge in [-0.1, -0.05) is 35.3 Å². The molecule has 0 heterocycles. The molecule has 0 aliphatic heterocycles. The average molecular weight is 402 g/mol. The highest BCUT2D eigenvalue weighted by Crippen LogP contribution is 2.25. The molecule has 9 heteroatoms. The molecule has 2 N–H and O–H groups in total. The minimum Gasteiger partial charge on any atom is -0.334 e. The van der Waals surface area contributed by atoms with Crippen molar-refractivity contribution in [1.29, 1.82) is 0 Å². The summed E-state index contributed by atoms with van der Waals surface area (Å²) in [6, 6.07) is 10.6. The van der Waals surface area contributed by atoms with Gasteiger partial charge in [0.05, 0.1) is 15.6 Å². The lowest BCUT2D eigenvalue weighted by atomic mass is 10.2. The molecule has 0 saturated heterocycles. The van der Waals surface area contributed by atoms with Crippen LogP contribution in [0, 0.1) is 0 Å². The van der Waals surface area contributed by atoms with Crippen LogP contribution in [0.2, 0.25) is 10.0 Å². The normalized spacial score (nSPS) is 11.4. The van der Waals surface area contributed by atoms with Gasteiger partial charge in [-0.3, -0.25) is 0 Å². The summed E-state index contributed by atoms with van der Waals surface area (Å²) in [4.78, 5) is 12.1. The number of amides is 2. The van der Waals surface area contributed by atoms with Gasteiger partial charge in [-0.2, -0.15) is 0 Å². The number of anilines is 1. The molecule has 2 aromatic rings. The van der Waals surface area contributed by atoms with Crippen LogP contribution in [0.15, 0.2) is 47.4 Å². The van der Waals surface area contributed by atoms with Crippen molar-refractivity contribution in [2.45, 2.75) is 11.4 Å². The molecule has 134 valence electrons. The number of halogens is 2. The first-order valence-electron chi connectivity index (χ1n) is 7.21. The largest absolute Gasteiger partial charge is 0.334 e. The molecule has 0 fully saturated rings. The van der Waals surface area contributed by atoms with Crippen LogP contribution in [-0.2, 0) is 16.6 Å². The van der Waals surface area contributed by atoms with Gasteiger partial charge in [-0.15, -0.1) is 0 Å². The molecule has 0 spiro atoms. The SMILES string of the molecule is CN(C)S(=O)(=O)c1ccc(CNC(=O)Nc2ccc(Cl)cc2Cl)cc1. The van der Waals surface area contributed by atoms with E-state index in [0.717, 1.165) is 9.87 Å². The maximum Gasteiger partial charge on any atom is 0.319 e. The predicted octanol–water partition coefficient (Wildman–Crippen LogP) is 3.57. The second kappa shape index (κ2) is 8.05. The van der Waals surface area contributed by atoms with Crippen molar-refractivity contribution in [3.63, 3.8) is 0 Å². The highest BCUT2D eigenvalue weighted by Gasteiger charge is 2.16. The molecule has 2 aromatic carbocycles. The summed E-state index contributed by atoms with van der Waals surface area (Å²) in [6.07, 6.45) is 0. The summed E-state index contributed by atoms with van der Waals surface area (Å²) in [5.74, 6) is 0. The number of urea groups is 1. The Bertz CT molecular complexity index is 869. The minimum atomic E-state index is -3.47. The maximum atomic E-state index is 12.0. The molecular formula is C16H17Cl2N3O3S. The Morgan fingerprint density at radius 1 is 1.08 bits per heavy atom. The summed E-state index contributed by atoms with van der Waals surface area (Å²) in [7, 11) is -0.527. The molecule has 0 aliphatic carbocycles. The van der Waals surface area contributed by atoms with Crippen molar-refractivity contribution in [1.82, 2.24) is 9.62 Å². The van der Waals surface area contributed by atoms with Crippen molar-refractivity contribution in [3.05, 3.63) is 58.1 Å². The van der Waals surface area contributed by atoms with Crippen molar-refractivity contribution >= 4 is 44.9 Å². The van der Waals surface area contributed by atoms with Gasteiger partial charge in [0.25, 0.3) is 0 Å². The zero-order valence-corrected chi connectivity index (χ0v) is 15.9. The number of nitrogens with one attached hydrogen (secondary N) is 2. The van der Waals surface area contributed by atoms with E-state index in [2.05, 4.69) is 10.6 Å². The number of carbonyl (C=O) groups excluding carboxylic acids is 1. The Balaban J connectivity index is 1.96. The number of hydrogen-bond acceptors (Lipinski definition) is 3. The molecule has 0 bridgehead atoms. The molecule has 0 unspecified atom stereocenters. The van der Waals surface area contributed by atoms with Gasteiger partial charge in [0.15, 0.2) is 0 Å². The van der Waals surface area contributed by atoms with Crippen LogP contribution in [0.3, 0.4) is 0 Å². The third kappa shape index (κ3) is 5.09. The Kier molecular flexibility index (Phi) is 6.29. The van der Waals surface area contributed by atoms with Gasteiger partial charge < -0.3 is 10.6 Å². The molecular weight excluding hydrogens is 385 g/mol. The van der Waals surface area contributed by atoms with Gasteiger partial charge in [-0.25, -0.2) is 17.5 Å². The standard InChI is InChI=1S/C16H17Cl2N3O3S/c1-21(2)25(23,24)13-6-3-11(4-7-13)10-19-16(22)20-15-8-5-12(17)9-14(15)18/h3-9H,10H2,1-2H3,(H2,19,20,22). The van der Waals surface area contributed by atoms with E-state index < -0.39 is 16.1 Å². The van der Waals surface area contributed by atoms with Crippen LogP contribution in [0.4, 0.5) is 10.5 Å². The van der Waals surface area contributed by atoms with Crippen molar-refractivity contribution < 1.29 is 13.2 Å². The number of sulfonamides is 1. The number of hydrogen-bond donors (Lipinski definition) is 2. The van der Waals surface area contributed by atoms with Crippen molar-refractivity contribution in [3.8, 4) is 0 Å². The summed E-state index contributed by atoms with van der Waals surface area (Å²) < 4.78 is 25.1. The van der Waals surface area contributed by atoms with E-state index in [1.807, 2.05) is 0 Å². The van der Waals surface area contributed by atoms with Crippen LogP contribution in [0.25, 0.3) is 0 Å². The number of carbonyl (C=O) groups is 1. The minimum absolute atomic E-state index is 0.193. The van der Waals surface area contributed by atoms with Crippen LogP contribution in [0.1, 0.15) is 5.56 Å². The number of nitrogens with zero attached hydrogens (tertiary/aromatic N) is 1.